The van der Waals surface area contributed by atoms with Gasteiger partial charge in [-0.15, -0.1) is 0 Å². The summed E-state index contributed by atoms with van der Waals surface area (Å²) in [5.41, 5.74) is 1.42. The topological polar surface area (TPSA) is 86.7 Å². The molecular formula is C14H16N2O4. The van der Waals surface area contributed by atoms with Crippen LogP contribution in [-0.2, 0) is 20.8 Å². The number of benzene rings is 1. The summed E-state index contributed by atoms with van der Waals surface area (Å²) >= 11 is 0. The number of nitrogens with zero attached hydrogens (tertiary/aromatic N) is 1. The number of carboxylic acid groups (broad SMARTS) is 1. The average molecular weight is 276 g/mol. The van der Waals surface area contributed by atoms with Crippen LogP contribution < -0.4 is 10.2 Å². The first-order chi connectivity index (χ1) is 9.41. The molecule has 0 aliphatic carbocycles. The van der Waals surface area contributed by atoms with E-state index in [1.54, 1.807) is 19.1 Å². The molecule has 1 aliphatic heterocycles. The molecule has 0 spiro atoms. The average Bonchev–Trinajstić information content (AvgIpc) is 2.76. The lowest BCUT2D eigenvalue weighted by molar-refractivity contribution is -0.140. The van der Waals surface area contributed by atoms with Crippen LogP contribution in [0.3, 0.4) is 0 Å². The van der Waals surface area contributed by atoms with E-state index in [0.29, 0.717) is 5.69 Å². The van der Waals surface area contributed by atoms with Crippen LogP contribution in [0.5, 0.6) is 0 Å². The maximum absolute atomic E-state index is 12.4. The van der Waals surface area contributed by atoms with E-state index in [4.69, 9.17) is 0 Å². The van der Waals surface area contributed by atoms with Crippen LogP contribution in [0, 0.1) is 0 Å². The number of carboxylic acids is 1. The van der Waals surface area contributed by atoms with Crippen molar-refractivity contribution in [3.63, 3.8) is 0 Å². The van der Waals surface area contributed by atoms with Gasteiger partial charge in [0.2, 0.25) is 11.8 Å². The molecule has 1 aromatic rings. The molecule has 2 amide bonds. The van der Waals surface area contributed by atoms with Crippen LogP contribution in [0.4, 0.5) is 5.69 Å². The second kappa shape index (κ2) is 5.32. The predicted octanol–water partition coefficient (Wildman–Crippen LogP) is 0.553. The maximum Gasteiger partial charge on any atom is 0.327 e. The second-order valence-corrected chi connectivity index (χ2v) is 4.82. The molecular weight excluding hydrogens is 260 g/mol. The van der Waals surface area contributed by atoms with Crippen LogP contribution in [0.25, 0.3) is 0 Å². The van der Waals surface area contributed by atoms with Crippen LogP contribution in [0.15, 0.2) is 24.3 Å². The minimum atomic E-state index is -1.05. The fourth-order valence-corrected chi connectivity index (χ4v) is 2.43. The third kappa shape index (κ3) is 2.49. The first-order valence-corrected chi connectivity index (χ1v) is 6.32. The second-order valence-electron chi connectivity index (χ2n) is 4.82. The SMILES string of the molecule is CC(=O)NC(C)C(=O)N1c2ccccc2CC1C(=O)O. The number of anilines is 1. The van der Waals surface area contributed by atoms with Crippen molar-refractivity contribution in [2.45, 2.75) is 32.4 Å². The van der Waals surface area contributed by atoms with Gasteiger partial charge in [-0.05, 0) is 18.6 Å². The summed E-state index contributed by atoms with van der Waals surface area (Å²) in [5.74, 6) is -1.80. The summed E-state index contributed by atoms with van der Waals surface area (Å²) in [7, 11) is 0. The summed E-state index contributed by atoms with van der Waals surface area (Å²) in [6.45, 7) is 2.86. The van der Waals surface area contributed by atoms with E-state index in [9.17, 15) is 19.5 Å². The Morgan fingerprint density at radius 2 is 2.00 bits per heavy atom. The lowest BCUT2D eigenvalue weighted by atomic mass is 10.1. The molecule has 1 aliphatic rings. The Bertz CT molecular complexity index is 570. The van der Waals surface area contributed by atoms with Gasteiger partial charge in [0.15, 0.2) is 0 Å². The van der Waals surface area contributed by atoms with Gasteiger partial charge in [-0.3, -0.25) is 14.5 Å². The third-order valence-electron chi connectivity index (χ3n) is 3.29. The van der Waals surface area contributed by atoms with Gasteiger partial charge in [0.05, 0.1) is 0 Å². The molecule has 1 heterocycles. The molecule has 1 aromatic carbocycles. The molecule has 0 bridgehead atoms. The third-order valence-corrected chi connectivity index (χ3v) is 3.29. The minimum absolute atomic E-state index is 0.282. The van der Waals surface area contributed by atoms with Crippen molar-refractivity contribution in [3.8, 4) is 0 Å². The predicted molar refractivity (Wildman–Crippen MR) is 72.3 cm³/mol. The Morgan fingerprint density at radius 1 is 1.35 bits per heavy atom. The smallest absolute Gasteiger partial charge is 0.327 e. The number of aliphatic carboxylic acids is 1. The molecule has 6 nitrogen and oxygen atoms in total. The normalized spacial score (nSPS) is 18.3. The molecule has 106 valence electrons. The number of hydrogen-bond donors (Lipinski definition) is 2. The van der Waals surface area contributed by atoms with Gasteiger partial charge >= 0.3 is 5.97 Å². The van der Waals surface area contributed by atoms with E-state index in [1.165, 1.54) is 11.8 Å². The van der Waals surface area contributed by atoms with Gasteiger partial charge in [0, 0.05) is 19.0 Å². The van der Waals surface area contributed by atoms with Crippen molar-refractivity contribution in [1.29, 1.82) is 0 Å². The fourth-order valence-electron chi connectivity index (χ4n) is 2.43. The van der Waals surface area contributed by atoms with E-state index >= 15 is 0 Å². The molecule has 2 rings (SSSR count). The van der Waals surface area contributed by atoms with Crippen LogP contribution in [0.1, 0.15) is 19.4 Å². The van der Waals surface area contributed by atoms with Gasteiger partial charge < -0.3 is 10.4 Å². The Kier molecular flexibility index (Phi) is 3.74. The number of rotatable bonds is 3. The molecule has 0 saturated carbocycles. The van der Waals surface area contributed by atoms with Crippen molar-refractivity contribution in [2.75, 3.05) is 4.90 Å². The molecule has 2 N–H and O–H groups in total. The first kappa shape index (κ1) is 14.0. The van der Waals surface area contributed by atoms with E-state index in [0.717, 1.165) is 5.56 Å². The summed E-state index contributed by atoms with van der Waals surface area (Å²) in [6, 6.07) is 5.41. The van der Waals surface area contributed by atoms with Crippen LogP contribution in [0.2, 0.25) is 0 Å². The van der Waals surface area contributed by atoms with Crippen molar-refractivity contribution in [2.24, 2.45) is 0 Å². The highest BCUT2D eigenvalue weighted by atomic mass is 16.4. The highest BCUT2D eigenvalue weighted by Crippen LogP contribution is 2.32. The monoisotopic (exact) mass is 276 g/mol. The van der Waals surface area contributed by atoms with Crippen molar-refractivity contribution in [3.05, 3.63) is 29.8 Å². The number of hydrogen-bond acceptors (Lipinski definition) is 3. The van der Waals surface area contributed by atoms with Gasteiger partial charge in [0.1, 0.15) is 12.1 Å². The number of fused-ring (bicyclic) bond motifs is 1. The quantitative estimate of drug-likeness (QED) is 0.844. The Labute approximate surface area is 116 Å². The van der Waals surface area contributed by atoms with E-state index in [2.05, 4.69) is 5.32 Å². The van der Waals surface area contributed by atoms with Crippen LogP contribution in [-0.4, -0.2) is 35.0 Å². The number of para-hydroxylation sites is 1. The molecule has 0 fully saturated rings. The summed E-state index contributed by atoms with van der Waals surface area (Å²) < 4.78 is 0. The maximum atomic E-state index is 12.4. The highest BCUT2D eigenvalue weighted by Gasteiger charge is 2.39. The van der Waals surface area contributed by atoms with Crippen LogP contribution >= 0.6 is 0 Å². The lowest BCUT2D eigenvalue weighted by Crippen LogP contribution is -2.51. The lowest BCUT2D eigenvalue weighted by Gasteiger charge is -2.26. The Hall–Kier alpha value is -2.37. The summed E-state index contributed by atoms with van der Waals surface area (Å²) in [6.07, 6.45) is 0.282. The van der Waals surface area contributed by atoms with Crippen molar-refractivity contribution in [1.82, 2.24) is 5.32 Å². The number of amides is 2. The van der Waals surface area contributed by atoms with E-state index in [1.807, 2.05) is 12.1 Å². The molecule has 0 saturated heterocycles. The minimum Gasteiger partial charge on any atom is -0.480 e. The zero-order valence-electron chi connectivity index (χ0n) is 11.3. The Morgan fingerprint density at radius 3 is 2.60 bits per heavy atom. The zero-order chi connectivity index (χ0) is 14.9. The van der Waals surface area contributed by atoms with E-state index < -0.39 is 24.0 Å². The van der Waals surface area contributed by atoms with Gasteiger partial charge in [0.25, 0.3) is 0 Å². The molecule has 0 aromatic heterocycles. The molecule has 20 heavy (non-hydrogen) atoms. The number of carbonyl (C=O) groups excluding carboxylic acids is 2. The van der Waals surface area contributed by atoms with Gasteiger partial charge in [-0.2, -0.15) is 0 Å². The molecule has 0 radical (unpaired) electrons. The van der Waals surface area contributed by atoms with E-state index in [-0.39, 0.29) is 12.3 Å². The number of carbonyl (C=O) groups is 3. The molecule has 2 unspecified atom stereocenters. The summed E-state index contributed by atoms with van der Waals surface area (Å²) in [4.78, 5) is 36.1. The zero-order valence-corrected chi connectivity index (χ0v) is 11.3. The summed E-state index contributed by atoms with van der Waals surface area (Å²) in [5, 5.41) is 11.8. The van der Waals surface area contributed by atoms with Crippen molar-refractivity contribution >= 4 is 23.5 Å². The first-order valence-electron chi connectivity index (χ1n) is 6.32. The highest BCUT2D eigenvalue weighted by molar-refractivity contribution is 6.05. The van der Waals surface area contributed by atoms with Gasteiger partial charge in [-0.1, -0.05) is 18.2 Å². The van der Waals surface area contributed by atoms with Gasteiger partial charge in [-0.25, -0.2) is 4.79 Å². The Balaban J connectivity index is 2.33. The molecule has 2 atom stereocenters. The largest absolute Gasteiger partial charge is 0.480 e. The standard InChI is InChI=1S/C14H16N2O4/c1-8(15-9(2)17)13(18)16-11-6-4-3-5-10(11)7-12(16)14(19)20/h3-6,8,12H,7H2,1-2H3,(H,15,17)(H,19,20). The number of nitrogens with one attached hydrogen (secondary N) is 1. The molecule has 6 heteroatoms. The van der Waals surface area contributed by atoms with Crippen molar-refractivity contribution < 1.29 is 19.5 Å². The fraction of sp³-hybridized carbons (Fsp3) is 0.357.